The van der Waals surface area contributed by atoms with Crippen molar-refractivity contribution in [2.24, 2.45) is 4.99 Å². The van der Waals surface area contributed by atoms with E-state index >= 15 is 0 Å². The molecule has 1 aromatic carbocycles. The zero-order valence-corrected chi connectivity index (χ0v) is 21.1. The van der Waals surface area contributed by atoms with E-state index in [-0.39, 0.29) is 36.4 Å². The number of aromatic nitrogens is 1. The Kier molecular flexibility index (Phi) is 9.58. The Bertz CT molecular complexity index is 1170. The first-order chi connectivity index (χ1) is 17.2. The fourth-order valence-electron chi connectivity index (χ4n) is 3.27. The van der Waals surface area contributed by atoms with Gasteiger partial charge in [-0.2, -0.15) is 0 Å². The number of anilines is 1. The maximum Gasteiger partial charge on any atom is 0.253 e. The highest BCUT2D eigenvalue weighted by atomic mass is 79.9. The van der Waals surface area contributed by atoms with Gasteiger partial charge in [0, 0.05) is 29.7 Å². The molecule has 3 rings (SSSR count). The lowest BCUT2D eigenvalue weighted by atomic mass is 10.0. The standard InChI is InChI=1S/C22H24BrClN6O6/c23-15-5-12(24)4-14(20(15)35)16(1-2-31)30-19(34)10-26-21(36)11-3-13(7-25-6-11)29-22-27-8-17(32)18(33)9-28-22/h2-7,16-18,32-33,35H,1,8-10H2,(H,26,36)(H,30,34)(H2,27,28,29)/t16?,17-,18-/m0/s1. The summed E-state index contributed by atoms with van der Waals surface area (Å²) >= 11 is 9.19. The number of aldehydes is 1. The Morgan fingerprint density at radius 3 is 2.78 bits per heavy atom. The lowest BCUT2D eigenvalue weighted by Gasteiger charge is -2.19. The maximum absolute atomic E-state index is 12.6. The smallest absolute Gasteiger partial charge is 0.253 e. The van der Waals surface area contributed by atoms with Crippen molar-refractivity contribution in [2.75, 3.05) is 25.0 Å². The van der Waals surface area contributed by atoms with Crippen LogP contribution in [0, 0.1) is 0 Å². The van der Waals surface area contributed by atoms with Crippen LogP contribution in [0.4, 0.5) is 5.69 Å². The van der Waals surface area contributed by atoms with Crippen molar-refractivity contribution in [3.05, 3.63) is 51.2 Å². The minimum absolute atomic E-state index is 0.00573. The van der Waals surface area contributed by atoms with Gasteiger partial charge in [0.25, 0.3) is 5.91 Å². The molecule has 3 atom stereocenters. The number of amides is 2. The van der Waals surface area contributed by atoms with Crippen LogP contribution in [-0.2, 0) is 9.59 Å². The van der Waals surface area contributed by atoms with Gasteiger partial charge in [-0.1, -0.05) is 11.6 Å². The summed E-state index contributed by atoms with van der Waals surface area (Å²) in [5.74, 6) is -1.05. The zero-order valence-electron chi connectivity index (χ0n) is 18.7. The lowest BCUT2D eigenvalue weighted by Crippen LogP contribution is -2.39. The molecule has 0 spiro atoms. The highest BCUT2D eigenvalue weighted by Gasteiger charge is 2.22. The minimum Gasteiger partial charge on any atom is -0.506 e. The number of halogens is 2. The van der Waals surface area contributed by atoms with Crippen molar-refractivity contribution >= 4 is 57.3 Å². The van der Waals surface area contributed by atoms with E-state index in [4.69, 9.17) is 11.6 Å². The molecule has 2 aromatic rings. The van der Waals surface area contributed by atoms with Crippen LogP contribution in [-0.4, -0.2) is 76.2 Å². The number of carbonyl (C=O) groups excluding carboxylic acids is 3. The van der Waals surface area contributed by atoms with E-state index in [1.54, 1.807) is 0 Å². The number of phenols is 1. The molecule has 0 aliphatic carbocycles. The van der Waals surface area contributed by atoms with E-state index in [1.807, 2.05) is 0 Å². The van der Waals surface area contributed by atoms with Gasteiger partial charge in [0.15, 0.2) is 5.96 Å². The Labute approximate surface area is 219 Å². The number of hydrogen-bond acceptors (Lipinski definition) is 10. The first-order valence-electron chi connectivity index (χ1n) is 10.7. The fourth-order valence-corrected chi connectivity index (χ4v) is 4.11. The van der Waals surface area contributed by atoms with E-state index in [1.165, 1.54) is 30.6 Å². The van der Waals surface area contributed by atoms with Gasteiger partial charge in [0.1, 0.15) is 18.1 Å². The number of aliphatic hydroxyl groups excluding tert-OH is 2. The molecule has 0 radical (unpaired) electrons. The molecule has 2 heterocycles. The number of nitrogens with one attached hydrogen (secondary N) is 4. The second kappa shape index (κ2) is 12.6. The van der Waals surface area contributed by atoms with Crippen LogP contribution in [0.25, 0.3) is 0 Å². The molecule has 1 aromatic heterocycles. The first kappa shape index (κ1) is 27.3. The molecule has 1 unspecified atom stereocenters. The number of hydrogen-bond donors (Lipinski definition) is 7. The van der Waals surface area contributed by atoms with Crippen molar-refractivity contribution in [2.45, 2.75) is 24.7 Å². The molecule has 0 saturated heterocycles. The number of aliphatic imine (C=N–C) groups is 1. The summed E-state index contributed by atoms with van der Waals surface area (Å²) in [5.41, 5.74) is 0.819. The lowest BCUT2D eigenvalue weighted by molar-refractivity contribution is -0.121. The quantitative estimate of drug-likeness (QED) is 0.217. The summed E-state index contributed by atoms with van der Waals surface area (Å²) in [5, 5.41) is 40.8. The van der Waals surface area contributed by atoms with E-state index < -0.39 is 36.6 Å². The van der Waals surface area contributed by atoms with Gasteiger partial charge in [-0.15, -0.1) is 0 Å². The maximum atomic E-state index is 12.6. The molecule has 12 nitrogen and oxygen atoms in total. The van der Waals surface area contributed by atoms with Gasteiger partial charge < -0.3 is 41.4 Å². The third kappa shape index (κ3) is 7.37. The third-order valence-corrected chi connectivity index (χ3v) is 5.95. The van der Waals surface area contributed by atoms with Gasteiger partial charge in [-0.3, -0.25) is 19.6 Å². The molecule has 14 heteroatoms. The molecule has 36 heavy (non-hydrogen) atoms. The summed E-state index contributed by atoms with van der Waals surface area (Å²) < 4.78 is 0.307. The molecule has 0 bridgehead atoms. The van der Waals surface area contributed by atoms with E-state index in [9.17, 15) is 29.7 Å². The molecule has 0 saturated carbocycles. The Balaban J connectivity index is 1.60. The number of rotatable bonds is 8. The Morgan fingerprint density at radius 1 is 1.25 bits per heavy atom. The summed E-state index contributed by atoms with van der Waals surface area (Å²) in [4.78, 5) is 44.3. The molecular weight excluding hydrogens is 560 g/mol. The molecule has 1 aliphatic rings. The van der Waals surface area contributed by atoms with E-state index in [0.717, 1.165) is 0 Å². The highest BCUT2D eigenvalue weighted by molar-refractivity contribution is 9.10. The number of carbonyl (C=O) groups is 3. The van der Waals surface area contributed by atoms with Crippen LogP contribution in [0.5, 0.6) is 5.75 Å². The number of guanidine groups is 1. The molecule has 1 aliphatic heterocycles. The molecule has 0 fully saturated rings. The SMILES string of the molecule is O=CCC(NC(=O)CNC(=O)c1cncc(NC2=NC[C@H](O)[C@@H](O)CN2)c1)c1cc(Cl)cc(Br)c1O. The summed E-state index contributed by atoms with van der Waals surface area (Å²) in [6.45, 7) is -0.322. The monoisotopic (exact) mass is 582 g/mol. The van der Waals surface area contributed by atoms with Crippen LogP contribution in [0.3, 0.4) is 0 Å². The van der Waals surface area contributed by atoms with Crippen molar-refractivity contribution in [1.82, 2.24) is 20.9 Å². The van der Waals surface area contributed by atoms with E-state index in [2.05, 4.69) is 47.2 Å². The third-order valence-electron chi connectivity index (χ3n) is 5.13. The number of nitrogens with zero attached hydrogens (tertiary/aromatic N) is 2. The fraction of sp³-hybridized carbons (Fsp3) is 0.318. The minimum atomic E-state index is -0.992. The van der Waals surface area contributed by atoms with Gasteiger partial charge in [0.2, 0.25) is 5.91 Å². The van der Waals surface area contributed by atoms with Crippen LogP contribution in [0.2, 0.25) is 5.02 Å². The predicted molar refractivity (Wildman–Crippen MR) is 135 cm³/mol. The van der Waals surface area contributed by atoms with Crippen molar-refractivity contribution in [3.63, 3.8) is 0 Å². The average Bonchev–Trinajstić information content (AvgIpc) is 3.00. The molecular formula is C22H24BrClN6O6. The van der Waals surface area contributed by atoms with Crippen LogP contribution >= 0.6 is 27.5 Å². The number of β-amino-alcohol motifs (C(OH)–C–C–N with tert-alkyl or cyclic N) is 1. The normalized spacial score (nSPS) is 18.2. The summed E-state index contributed by atoms with van der Waals surface area (Å²) in [7, 11) is 0. The van der Waals surface area contributed by atoms with Crippen molar-refractivity contribution < 1.29 is 29.7 Å². The average molecular weight is 584 g/mol. The van der Waals surface area contributed by atoms with Crippen molar-refractivity contribution in [3.8, 4) is 5.75 Å². The highest BCUT2D eigenvalue weighted by Crippen LogP contribution is 2.35. The van der Waals surface area contributed by atoms with Crippen LogP contribution in [0.1, 0.15) is 28.4 Å². The number of aliphatic hydroxyl groups is 2. The van der Waals surface area contributed by atoms with Crippen molar-refractivity contribution in [1.29, 1.82) is 0 Å². The number of pyridine rings is 1. The summed E-state index contributed by atoms with van der Waals surface area (Å²) in [6.07, 6.45) is 1.27. The number of benzene rings is 1. The second-order valence-corrected chi connectivity index (χ2v) is 9.11. The first-order valence-corrected chi connectivity index (χ1v) is 11.9. The van der Waals surface area contributed by atoms with Gasteiger partial charge in [0.05, 0.1) is 47.2 Å². The van der Waals surface area contributed by atoms with E-state index in [0.29, 0.717) is 27.4 Å². The predicted octanol–water partition coefficient (Wildman–Crippen LogP) is 0.472. The molecule has 7 N–H and O–H groups in total. The van der Waals surface area contributed by atoms with Gasteiger partial charge in [-0.05, 0) is 34.1 Å². The number of phenolic OH excluding ortho intramolecular Hbond substituents is 1. The molecule has 192 valence electrons. The Morgan fingerprint density at radius 2 is 2.03 bits per heavy atom. The molecule has 2 amide bonds. The van der Waals surface area contributed by atoms with Crippen LogP contribution < -0.4 is 21.3 Å². The van der Waals surface area contributed by atoms with Gasteiger partial charge >= 0.3 is 0 Å². The summed E-state index contributed by atoms with van der Waals surface area (Å²) in [6, 6.07) is 3.54. The van der Waals surface area contributed by atoms with Crippen LogP contribution in [0.15, 0.2) is 40.1 Å². The zero-order chi connectivity index (χ0) is 26.2. The Hall–Kier alpha value is -3.26. The van der Waals surface area contributed by atoms with Gasteiger partial charge in [-0.25, -0.2) is 0 Å². The largest absolute Gasteiger partial charge is 0.506 e. The second-order valence-electron chi connectivity index (χ2n) is 7.82. The topological polar surface area (TPSA) is 185 Å². The number of aromatic hydroxyl groups is 1.